The summed E-state index contributed by atoms with van der Waals surface area (Å²) in [7, 11) is 1.94. The van der Waals surface area contributed by atoms with Crippen molar-refractivity contribution in [2.75, 3.05) is 7.05 Å². The molecule has 1 nitrogen and oxygen atoms in total. The van der Waals surface area contributed by atoms with E-state index in [2.05, 4.69) is 27.3 Å². The molecule has 2 aromatic carbocycles. The molecule has 0 fully saturated rings. The van der Waals surface area contributed by atoms with Gasteiger partial charge in [0.2, 0.25) is 0 Å². The molecule has 0 saturated carbocycles. The second-order valence-electron chi connectivity index (χ2n) is 4.76. The highest BCUT2D eigenvalue weighted by molar-refractivity contribution is 9.10. The van der Waals surface area contributed by atoms with Crippen LogP contribution in [0.2, 0.25) is 10.0 Å². The zero-order valence-electron chi connectivity index (χ0n) is 11.4. The molecule has 0 aliphatic heterocycles. The zero-order chi connectivity index (χ0) is 14.7. The Balaban J connectivity index is 2.31. The molecule has 0 radical (unpaired) electrons. The smallest absolute Gasteiger partial charge is 0.0483 e. The van der Waals surface area contributed by atoms with Gasteiger partial charge in [-0.3, -0.25) is 0 Å². The van der Waals surface area contributed by atoms with Gasteiger partial charge < -0.3 is 5.32 Å². The van der Waals surface area contributed by atoms with Gasteiger partial charge in [0.05, 0.1) is 0 Å². The van der Waals surface area contributed by atoms with Crippen molar-refractivity contribution in [3.05, 3.63) is 67.6 Å². The van der Waals surface area contributed by atoms with Gasteiger partial charge in [0.25, 0.3) is 0 Å². The number of benzene rings is 2. The van der Waals surface area contributed by atoms with Gasteiger partial charge in [0.15, 0.2) is 0 Å². The highest BCUT2D eigenvalue weighted by atomic mass is 79.9. The van der Waals surface area contributed by atoms with E-state index < -0.39 is 0 Å². The van der Waals surface area contributed by atoms with Crippen molar-refractivity contribution in [1.29, 1.82) is 0 Å². The van der Waals surface area contributed by atoms with Crippen LogP contribution in [0.3, 0.4) is 0 Å². The maximum absolute atomic E-state index is 6.42. The van der Waals surface area contributed by atoms with Crippen LogP contribution in [0.15, 0.2) is 40.9 Å². The predicted octanol–water partition coefficient (Wildman–Crippen LogP) is 5.57. The van der Waals surface area contributed by atoms with Gasteiger partial charge in [-0.05, 0) is 49.2 Å². The first kappa shape index (κ1) is 15.8. The summed E-state index contributed by atoms with van der Waals surface area (Å²) in [4.78, 5) is 0. The van der Waals surface area contributed by atoms with E-state index in [-0.39, 0.29) is 6.04 Å². The molecule has 1 N–H and O–H groups in total. The maximum atomic E-state index is 6.42. The van der Waals surface area contributed by atoms with Gasteiger partial charge in [-0.25, -0.2) is 0 Å². The SMILES string of the molecule is CNC(Cc1ccc(Br)cc1Cl)c1cccc(C)c1Cl. The Morgan fingerprint density at radius 2 is 1.95 bits per heavy atom. The molecule has 0 spiro atoms. The second kappa shape index (κ2) is 6.95. The van der Waals surface area contributed by atoms with Crippen LogP contribution in [0, 0.1) is 6.92 Å². The summed E-state index contributed by atoms with van der Waals surface area (Å²) in [6, 6.07) is 12.2. The molecule has 1 unspecified atom stereocenters. The molecular weight excluding hydrogens is 357 g/mol. The highest BCUT2D eigenvalue weighted by Gasteiger charge is 2.16. The van der Waals surface area contributed by atoms with Crippen LogP contribution in [-0.2, 0) is 6.42 Å². The first-order chi connectivity index (χ1) is 9.52. The molecule has 2 rings (SSSR count). The predicted molar refractivity (Wildman–Crippen MR) is 90.8 cm³/mol. The summed E-state index contributed by atoms with van der Waals surface area (Å²) >= 11 is 16.1. The topological polar surface area (TPSA) is 12.0 Å². The van der Waals surface area contributed by atoms with Gasteiger partial charge >= 0.3 is 0 Å². The van der Waals surface area contributed by atoms with E-state index in [0.29, 0.717) is 0 Å². The van der Waals surface area contributed by atoms with Gasteiger partial charge in [-0.2, -0.15) is 0 Å². The number of aryl methyl sites for hydroxylation is 1. The van der Waals surface area contributed by atoms with E-state index in [4.69, 9.17) is 23.2 Å². The van der Waals surface area contributed by atoms with Crippen molar-refractivity contribution in [2.45, 2.75) is 19.4 Å². The van der Waals surface area contributed by atoms with Crippen LogP contribution in [-0.4, -0.2) is 7.05 Å². The molecule has 0 aliphatic rings. The molecule has 106 valence electrons. The van der Waals surface area contributed by atoms with Crippen molar-refractivity contribution in [2.24, 2.45) is 0 Å². The normalized spacial score (nSPS) is 12.4. The number of hydrogen-bond acceptors (Lipinski definition) is 1. The molecule has 0 bridgehead atoms. The lowest BCUT2D eigenvalue weighted by Gasteiger charge is -2.20. The summed E-state index contributed by atoms with van der Waals surface area (Å²) in [6.45, 7) is 2.02. The minimum absolute atomic E-state index is 0.140. The number of likely N-dealkylation sites (N-methyl/N-ethyl adjacent to an activating group) is 1. The van der Waals surface area contributed by atoms with E-state index in [1.807, 2.05) is 44.3 Å². The van der Waals surface area contributed by atoms with Gasteiger partial charge in [0, 0.05) is 20.6 Å². The minimum atomic E-state index is 0.140. The number of rotatable bonds is 4. The molecule has 0 heterocycles. The fraction of sp³-hybridized carbons (Fsp3) is 0.250. The molecule has 0 aromatic heterocycles. The molecule has 4 heteroatoms. The number of nitrogens with one attached hydrogen (secondary N) is 1. The monoisotopic (exact) mass is 371 g/mol. The van der Waals surface area contributed by atoms with Crippen molar-refractivity contribution in [3.8, 4) is 0 Å². The van der Waals surface area contributed by atoms with Crippen molar-refractivity contribution in [3.63, 3.8) is 0 Å². The molecule has 0 saturated heterocycles. The Hall–Kier alpha value is -0.540. The van der Waals surface area contributed by atoms with Crippen molar-refractivity contribution >= 4 is 39.1 Å². The van der Waals surface area contributed by atoms with Crippen molar-refractivity contribution < 1.29 is 0 Å². The fourth-order valence-corrected chi connectivity index (χ4v) is 3.22. The van der Waals surface area contributed by atoms with E-state index in [1.165, 1.54) is 0 Å². The van der Waals surface area contributed by atoms with E-state index in [9.17, 15) is 0 Å². The highest BCUT2D eigenvalue weighted by Crippen LogP contribution is 2.30. The third kappa shape index (κ3) is 3.56. The average molecular weight is 373 g/mol. The summed E-state index contributed by atoms with van der Waals surface area (Å²) in [6.07, 6.45) is 0.797. The summed E-state index contributed by atoms with van der Waals surface area (Å²) in [5.41, 5.74) is 3.30. The van der Waals surface area contributed by atoms with Gasteiger partial charge in [-0.15, -0.1) is 0 Å². The van der Waals surface area contributed by atoms with Crippen molar-refractivity contribution in [1.82, 2.24) is 5.32 Å². The molecule has 20 heavy (non-hydrogen) atoms. The Labute approximate surface area is 138 Å². The third-order valence-corrected chi connectivity index (χ3v) is 4.75. The summed E-state index contributed by atoms with van der Waals surface area (Å²) in [5.74, 6) is 0. The van der Waals surface area contributed by atoms with Gasteiger partial charge in [0.1, 0.15) is 0 Å². The Morgan fingerprint density at radius 1 is 1.20 bits per heavy atom. The van der Waals surface area contributed by atoms with Crippen LogP contribution in [0.5, 0.6) is 0 Å². The van der Waals surface area contributed by atoms with E-state index in [0.717, 1.165) is 37.6 Å². The lowest BCUT2D eigenvalue weighted by atomic mass is 9.97. The van der Waals surface area contributed by atoms with Crippen LogP contribution >= 0.6 is 39.1 Å². The second-order valence-corrected chi connectivity index (χ2v) is 6.46. The largest absolute Gasteiger partial charge is 0.313 e. The lowest BCUT2D eigenvalue weighted by Crippen LogP contribution is -2.19. The van der Waals surface area contributed by atoms with Crippen LogP contribution < -0.4 is 5.32 Å². The van der Waals surface area contributed by atoms with Crippen LogP contribution in [0.25, 0.3) is 0 Å². The Kier molecular flexibility index (Phi) is 5.50. The first-order valence-electron chi connectivity index (χ1n) is 6.39. The third-order valence-electron chi connectivity index (χ3n) is 3.38. The molecule has 1 atom stereocenters. The summed E-state index contributed by atoms with van der Waals surface area (Å²) < 4.78 is 0.987. The number of halogens is 3. The summed E-state index contributed by atoms with van der Waals surface area (Å²) in [5, 5.41) is 4.91. The maximum Gasteiger partial charge on any atom is 0.0483 e. The van der Waals surface area contributed by atoms with E-state index >= 15 is 0 Å². The minimum Gasteiger partial charge on any atom is -0.313 e. The first-order valence-corrected chi connectivity index (χ1v) is 7.94. The molecule has 2 aromatic rings. The molecular formula is C16H16BrCl2N. The molecule has 0 aliphatic carbocycles. The van der Waals surface area contributed by atoms with Crippen LogP contribution in [0.4, 0.5) is 0 Å². The van der Waals surface area contributed by atoms with E-state index in [1.54, 1.807) is 0 Å². The molecule has 0 amide bonds. The lowest BCUT2D eigenvalue weighted by molar-refractivity contribution is 0.592. The quantitative estimate of drug-likeness (QED) is 0.739. The van der Waals surface area contributed by atoms with Crippen LogP contribution in [0.1, 0.15) is 22.7 Å². The standard InChI is InChI=1S/C16H16BrCl2N/c1-10-4-3-5-13(16(10)19)15(20-2)8-11-6-7-12(17)9-14(11)18/h3-7,9,15,20H,8H2,1-2H3. The number of hydrogen-bond donors (Lipinski definition) is 1. The Bertz CT molecular complexity index is 613. The Morgan fingerprint density at radius 3 is 2.60 bits per heavy atom. The fourth-order valence-electron chi connectivity index (χ4n) is 2.21. The average Bonchev–Trinajstić information content (AvgIpc) is 2.42. The van der Waals surface area contributed by atoms with Gasteiger partial charge in [-0.1, -0.05) is 63.4 Å². The zero-order valence-corrected chi connectivity index (χ0v) is 14.5.